The van der Waals surface area contributed by atoms with Gasteiger partial charge in [0.1, 0.15) is 5.82 Å². The van der Waals surface area contributed by atoms with E-state index in [0.717, 1.165) is 30.5 Å². The van der Waals surface area contributed by atoms with E-state index < -0.39 is 5.82 Å². The molecule has 1 aliphatic rings. The average molecular weight is 291 g/mol. The maximum absolute atomic E-state index is 13.3. The van der Waals surface area contributed by atoms with Gasteiger partial charge in [0.2, 0.25) is 0 Å². The summed E-state index contributed by atoms with van der Waals surface area (Å²) in [6, 6.07) is 8.57. The van der Waals surface area contributed by atoms with Gasteiger partial charge in [0.05, 0.1) is 5.02 Å². The largest absolute Gasteiger partial charge is 0.323 e. The van der Waals surface area contributed by atoms with Gasteiger partial charge in [-0.25, -0.2) is 4.39 Å². The molecule has 0 saturated heterocycles. The molecule has 2 atom stereocenters. The van der Waals surface area contributed by atoms with Crippen molar-refractivity contribution >= 4 is 11.6 Å². The summed E-state index contributed by atoms with van der Waals surface area (Å²) >= 11 is 5.85. The number of hydrogen-bond donors (Lipinski definition) is 1. The minimum atomic E-state index is -0.412. The van der Waals surface area contributed by atoms with Gasteiger partial charge in [-0.1, -0.05) is 23.7 Å². The van der Waals surface area contributed by atoms with Gasteiger partial charge in [0, 0.05) is 23.9 Å². The van der Waals surface area contributed by atoms with Crippen LogP contribution in [0.25, 0.3) is 0 Å². The number of nitrogens with zero attached hydrogens (tertiary/aromatic N) is 1. The maximum atomic E-state index is 13.3. The van der Waals surface area contributed by atoms with Crippen LogP contribution < -0.4 is 5.73 Å². The topological polar surface area (TPSA) is 38.9 Å². The van der Waals surface area contributed by atoms with Crippen molar-refractivity contribution in [1.82, 2.24) is 4.98 Å². The molecule has 1 aromatic carbocycles. The van der Waals surface area contributed by atoms with E-state index in [-0.39, 0.29) is 17.0 Å². The zero-order chi connectivity index (χ0) is 14.1. The molecule has 0 fully saturated rings. The molecule has 0 amide bonds. The third kappa shape index (κ3) is 2.43. The summed E-state index contributed by atoms with van der Waals surface area (Å²) in [5, 5.41) is 0.120. The maximum Gasteiger partial charge on any atom is 0.141 e. The van der Waals surface area contributed by atoms with E-state index in [1.807, 2.05) is 12.3 Å². The van der Waals surface area contributed by atoms with Crippen LogP contribution in [0, 0.1) is 5.82 Å². The van der Waals surface area contributed by atoms with E-state index in [1.54, 1.807) is 12.1 Å². The second-order valence-electron chi connectivity index (χ2n) is 5.25. The molecule has 2 aromatic rings. The van der Waals surface area contributed by atoms with Gasteiger partial charge in [0.25, 0.3) is 0 Å². The van der Waals surface area contributed by atoms with Crippen LogP contribution in [-0.4, -0.2) is 4.98 Å². The van der Waals surface area contributed by atoms with E-state index in [0.29, 0.717) is 0 Å². The number of benzene rings is 1. The van der Waals surface area contributed by atoms with Crippen LogP contribution in [0.5, 0.6) is 0 Å². The van der Waals surface area contributed by atoms with Crippen molar-refractivity contribution in [2.45, 2.75) is 31.2 Å². The lowest BCUT2D eigenvalue weighted by molar-refractivity contribution is 0.462. The first-order valence-electron chi connectivity index (χ1n) is 6.81. The molecule has 0 aliphatic heterocycles. The predicted molar refractivity (Wildman–Crippen MR) is 78.3 cm³/mol. The van der Waals surface area contributed by atoms with Crippen molar-refractivity contribution in [2.75, 3.05) is 0 Å². The summed E-state index contributed by atoms with van der Waals surface area (Å²) in [5.74, 6) is -0.244. The Morgan fingerprint density at radius 3 is 3.00 bits per heavy atom. The van der Waals surface area contributed by atoms with E-state index in [9.17, 15) is 4.39 Å². The van der Waals surface area contributed by atoms with E-state index >= 15 is 0 Å². The van der Waals surface area contributed by atoms with Gasteiger partial charge in [-0.15, -0.1) is 0 Å². The smallest absolute Gasteiger partial charge is 0.141 e. The van der Waals surface area contributed by atoms with Crippen LogP contribution >= 0.6 is 11.6 Å². The van der Waals surface area contributed by atoms with Crippen molar-refractivity contribution in [3.8, 4) is 0 Å². The van der Waals surface area contributed by atoms with E-state index in [4.69, 9.17) is 17.3 Å². The van der Waals surface area contributed by atoms with Crippen molar-refractivity contribution in [3.63, 3.8) is 0 Å². The molecule has 2 N–H and O–H groups in total. The zero-order valence-corrected chi connectivity index (χ0v) is 11.8. The Labute approximate surface area is 122 Å². The normalized spacial score (nSPS) is 19.4. The lowest BCUT2D eigenvalue weighted by atomic mass is 9.80. The van der Waals surface area contributed by atoms with Crippen molar-refractivity contribution < 1.29 is 4.39 Å². The Morgan fingerprint density at radius 1 is 1.35 bits per heavy atom. The van der Waals surface area contributed by atoms with E-state index in [2.05, 4.69) is 11.1 Å². The second kappa shape index (κ2) is 5.51. The van der Waals surface area contributed by atoms with Crippen LogP contribution in [0.2, 0.25) is 5.02 Å². The molecule has 1 aromatic heterocycles. The third-order valence-corrected chi connectivity index (χ3v) is 4.29. The van der Waals surface area contributed by atoms with Gasteiger partial charge < -0.3 is 5.73 Å². The van der Waals surface area contributed by atoms with Gasteiger partial charge in [0.15, 0.2) is 0 Å². The number of halogens is 2. The van der Waals surface area contributed by atoms with Crippen LogP contribution in [0.15, 0.2) is 36.5 Å². The standard InChI is InChI=1S/C16H16ClFN2/c17-13-9-11(6-7-14(13)18)15(19)12-5-1-3-10-4-2-8-20-16(10)12/h2,4,6-9,12,15H,1,3,5,19H2. The molecule has 0 bridgehead atoms. The number of pyridine rings is 1. The molecule has 1 aliphatic carbocycles. The fourth-order valence-electron chi connectivity index (χ4n) is 2.95. The lowest BCUT2D eigenvalue weighted by Crippen LogP contribution is -2.24. The molecule has 1 heterocycles. The molecule has 104 valence electrons. The predicted octanol–water partition coefficient (Wildman–Crippen LogP) is 3.99. The number of hydrogen-bond acceptors (Lipinski definition) is 2. The summed E-state index contributed by atoms with van der Waals surface area (Å²) in [4.78, 5) is 4.50. The van der Waals surface area contributed by atoms with Crippen LogP contribution in [-0.2, 0) is 6.42 Å². The Kier molecular flexibility index (Phi) is 3.72. The van der Waals surface area contributed by atoms with Gasteiger partial charge in [-0.05, 0) is 48.6 Å². The summed E-state index contributed by atoms with van der Waals surface area (Å²) < 4.78 is 13.3. The Bertz CT molecular complexity index is 630. The number of rotatable bonds is 2. The number of aromatic nitrogens is 1. The van der Waals surface area contributed by atoms with Gasteiger partial charge in [-0.3, -0.25) is 4.98 Å². The number of nitrogens with two attached hydrogens (primary N) is 1. The van der Waals surface area contributed by atoms with Crippen molar-refractivity contribution in [3.05, 3.63) is 64.2 Å². The Balaban J connectivity index is 1.95. The molecule has 2 unspecified atom stereocenters. The highest BCUT2D eigenvalue weighted by atomic mass is 35.5. The first kappa shape index (κ1) is 13.5. The van der Waals surface area contributed by atoms with Gasteiger partial charge >= 0.3 is 0 Å². The number of fused-ring (bicyclic) bond motifs is 1. The second-order valence-corrected chi connectivity index (χ2v) is 5.65. The summed E-state index contributed by atoms with van der Waals surface area (Å²) in [5.41, 5.74) is 9.59. The van der Waals surface area contributed by atoms with Gasteiger partial charge in [-0.2, -0.15) is 0 Å². The summed E-state index contributed by atoms with van der Waals surface area (Å²) in [6.45, 7) is 0. The Hall–Kier alpha value is -1.45. The SMILES string of the molecule is NC(c1ccc(F)c(Cl)c1)C1CCCc2cccnc21. The monoisotopic (exact) mass is 290 g/mol. The fraction of sp³-hybridized carbons (Fsp3) is 0.312. The van der Waals surface area contributed by atoms with Crippen LogP contribution in [0.3, 0.4) is 0 Å². The highest BCUT2D eigenvalue weighted by Gasteiger charge is 2.28. The minimum absolute atomic E-state index is 0.120. The summed E-state index contributed by atoms with van der Waals surface area (Å²) in [6.07, 6.45) is 4.96. The molecular formula is C16H16ClFN2. The number of aryl methyl sites for hydroxylation is 1. The molecular weight excluding hydrogens is 275 g/mol. The lowest BCUT2D eigenvalue weighted by Gasteiger charge is -2.29. The molecule has 2 nitrogen and oxygen atoms in total. The summed E-state index contributed by atoms with van der Waals surface area (Å²) in [7, 11) is 0. The quantitative estimate of drug-likeness (QED) is 0.908. The van der Waals surface area contributed by atoms with Crippen molar-refractivity contribution in [1.29, 1.82) is 0 Å². The molecule has 3 rings (SSSR count). The zero-order valence-electron chi connectivity index (χ0n) is 11.0. The molecule has 0 radical (unpaired) electrons. The molecule has 4 heteroatoms. The van der Waals surface area contributed by atoms with Crippen molar-refractivity contribution in [2.24, 2.45) is 5.73 Å². The first-order chi connectivity index (χ1) is 9.66. The third-order valence-electron chi connectivity index (χ3n) is 4.00. The first-order valence-corrected chi connectivity index (χ1v) is 7.19. The fourth-order valence-corrected chi connectivity index (χ4v) is 3.14. The van der Waals surface area contributed by atoms with Crippen LogP contribution in [0.4, 0.5) is 4.39 Å². The molecule has 20 heavy (non-hydrogen) atoms. The minimum Gasteiger partial charge on any atom is -0.323 e. The van der Waals surface area contributed by atoms with Crippen LogP contribution in [0.1, 0.15) is 41.6 Å². The molecule has 0 saturated carbocycles. The Morgan fingerprint density at radius 2 is 2.20 bits per heavy atom. The molecule has 0 spiro atoms. The van der Waals surface area contributed by atoms with E-state index in [1.165, 1.54) is 11.6 Å². The average Bonchev–Trinajstić information content (AvgIpc) is 2.49. The highest BCUT2D eigenvalue weighted by Crippen LogP contribution is 2.38. The highest BCUT2D eigenvalue weighted by molar-refractivity contribution is 6.30.